The first-order chi connectivity index (χ1) is 5.99. The molecular weight excluding hydrogens is 166 g/mol. The van der Waals surface area contributed by atoms with Gasteiger partial charge in [0, 0.05) is 5.54 Å². The van der Waals surface area contributed by atoms with Gasteiger partial charge in [0.15, 0.2) is 0 Å². The molecule has 3 heteroatoms. The minimum atomic E-state index is -0.294. The van der Waals surface area contributed by atoms with Crippen LogP contribution in [0.2, 0.25) is 0 Å². The molecule has 0 amide bonds. The predicted octanol–water partition coefficient (Wildman–Crippen LogP) is 1.04. The lowest BCUT2D eigenvalue weighted by atomic mass is 9.94. The molecule has 2 unspecified atom stereocenters. The Morgan fingerprint density at radius 2 is 2.00 bits per heavy atom. The highest BCUT2D eigenvalue weighted by atomic mass is 16.5. The Labute approximate surface area is 80.3 Å². The maximum absolute atomic E-state index is 9.60. The van der Waals surface area contributed by atoms with Crippen LogP contribution in [0.25, 0.3) is 0 Å². The van der Waals surface area contributed by atoms with Crippen LogP contribution in [0.15, 0.2) is 0 Å². The summed E-state index contributed by atoms with van der Waals surface area (Å²) in [6, 6.07) is 0. The van der Waals surface area contributed by atoms with Crippen molar-refractivity contribution in [2.45, 2.75) is 57.3 Å². The summed E-state index contributed by atoms with van der Waals surface area (Å²) in [6.07, 6.45) is 3.85. The predicted molar refractivity (Wildman–Crippen MR) is 52.5 cm³/mol. The highest BCUT2D eigenvalue weighted by Gasteiger charge is 2.25. The fourth-order valence-corrected chi connectivity index (χ4v) is 1.59. The van der Waals surface area contributed by atoms with Gasteiger partial charge in [-0.05, 0) is 26.7 Å². The van der Waals surface area contributed by atoms with Crippen molar-refractivity contribution >= 4 is 0 Å². The number of aliphatic hydroxyl groups excluding tert-OH is 1. The highest BCUT2D eigenvalue weighted by molar-refractivity contribution is 4.77. The fourth-order valence-electron chi connectivity index (χ4n) is 1.59. The van der Waals surface area contributed by atoms with Gasteiger partial charge in [0.2, 0.25) is 0 Å². The number of hydrogen-bond acceptors (Lipinski definition) is 3. The van der Waals surface area contributed by atoms with E-state index in [4.69, 9.17) is 10.5 Å². The zero-order chi connectivity index (χ0) is 9.90. The zero-order valence-corrected chi connectivity index (χ0v) is 8.62. The Morgan fingerprint density at radius 3 is 2.54 bits per heavy atom. The summed E-state index contributed by atoms with van der Waals surface area (Å²) in [5.41, 5.74) is 5.50. The topological polar surface area (TPSA) is 55.5 Å². The van der Waals surface area contributed by atoms with Gasteiger partial charge in [-0.15, -0.1) is 0 Å². The summed E-state index contributed by atoms with van der Waals surface area (Å²) in [4.78, 5) is 0. The Hall–Kier alpha value is -0.120. The second-order valence-corrected chi connectivity index (χ2v) is 4.69. The second kappa shape index (κ2) is 4.40. The van der Waals surface area contributed by atoms with Crippen LogP contribution in [0.1, 0.15) is 39.5 Å². The van der Waals surface area contributed by atoms with Gasteiger partial charge in [-0.25, -0.2) is 0 Å². The zero-order valence-electron chi connectivity index (χ0n) is 8.62. The molecule has 0 spiro atoms. The van der Waals surface area contributed by atoms with E-state index in [-0.39, 0.29) is 17.7 Å². The van der Waals surface area contributed by atoms with Gasteiger partial charge in [0.1, 0.15) is 0 Å². The van der Waals surface area contributed by atoms with Crippen molar-refractivity contribution in [1.29, 1.82) is 0 Å². The smallest absolute Gasteiger partial charge is 0.0834 e. The summed E-state index contributed by atoms with van der Waals surface area (Å²) < 4.78 is 5.58. The van der Waals surface area contributed by atoms with E-state index in [9.17, 15) is 5.11 Å². The van der Waals surface area contributed by atoms with Crippen LogP contribution in [0, 0.1) is 0 Å². The Bertz CT molecular complexity index is 153. The van der Waals surface area contributed by atoms with Crippen LogP contribution in [0.4, 0.5) is 0 Å². The molecule has 0 heterocycles. The summed E-state index contributed by atoms with van der Waals surface area (Å²) in [5, 5.41) is 9.60. The normalized spacial score (nSPS) is 30.5. The Kier molecular flexibility index (Phi) is 3.71. The van der Waals surface area contributed by atoms with Crippen LogP contribution in [0.5, 0.6) is 0 Å². The van der Waals surface area contributed by atoms with Crippen molar-refractivity contribution in [3.05, 3.63) is 0 Å². The van der Waals surface area contributed by atoms with E-state index in [0.29, 0.717) is 6.61 Å². The average Bonchev–Trinajstić information content (AvgIpc) is 2.01. The van der Waals surface area contributed by atoms with Gasteiger partial charge in [-0.3, -0.25) is 0 Å². The van der Waals surface area contributed by atoms with Crippen molar-refractivity contribution in [1.82, 2.24) is 0 Å². The SMILES string of the molecule is CC(C)(N)COC1CCCCC1O. The van der Waals surface area contributed by atoms with Crippen molar-refractivity contribution < 1.29 is 9.84 Å². The van der Waals surface area contributed by atoms with Crippen molar-refractivity contribution in [3.8, 4) is 0 Å². The highest BCUT2D eigenvalue weighted by Crippen LogP contribution is 2.21. The number of aliphatic hydroxyl groups is 1. The van der Waals surface area contributed by atoms with Gasteiger partial charge < -0.3 is 15.6 Å². The minimum Gasteiger partial charge on any atom is -0.390 e. The molecule has 1 aliphatic rings. The molecule has 3 N–H and O–H groups in total. The summed E-state index contributed by atoms with van der Waals surface area (Å²) in [7, 11) is 0. The van der Waals surface area contributed by atoms with Crippen molar-refractivity contribution in [2.75, 3.05) is 6.61 Å². The number of ether oxygens (including phenoxy) is 1. The summed E-state index contributed by atoms with van der Waals surface area (Å²) >= 11 is 0. The molecule has 2 atom stereocenters. The molecule has 3 nitrogen and oxygen atoms in total. The van der Waals surface area contributed by atoms with Gasteiger partial charge in [0.25, 0.3) is 0 Å². The molecule has 1 rings (SSSR count). The largest absolute Gasteiger partial charge is 0.390 e. The lowest BCUT2D eigenvalue weighted by Gasteiger charge is -2.30. The van der Waals surface area contributed by atoms with Gasteiger partial charge in [-0.1, -0.05) is 12.8 Å². The lowest BCUT2D eigenvalue weighted by molar-refractivity contribution is -0.0693. The van der Waals surface area contributed by atoms with Crippen LogP contribution < -0.4 is 5.73 Å². The molecular formula is C10H21NO2. The maximum Gasteiger partial charge on any atom is 0.0834 e. The van der Waals surface area contributed by atoms with Gasteiger partial charge in [0.05, 0.1) is 18.8 Å². The van der Waals surface area contributed by atoms with E-state index < -0.39 is 0 Å². The van der Waals surface area contributed by atoms with Gasteiger partial charge in [-0.2, -0.15) is 0 Å². The third kappa shape index (κ3) is 4.07. The molecule has 0 aromatic carbocycles. The lowest BCUT2D eigenvalue weighted by Crippen LogP contribution is -2.42. The number of rotatable bonds is 3. The van der Waals surface area contributed by atoms with Gasteiger partial charge >= 0.3 is 0 Å². The monoisotopic (exact) mass is 187 g/mol. The average molecular weight is 187 g/mol. The number of nitrogens with two attached hydrogens (primary N) is 1. The molecule has 78 valence electrons. The third-order valence-corrected chi connectivity index (χ3v) is 2.34. The second-order valence-electron chi connectivity index (χ2n) is 4.69. The quantitative estimate of drug-likeness (QED) is 0.694. The summed E-state index contributed by atoms with van der Waals surface area (Å²) in [5.74, 6) is 0. The van der Waals surface area contributed by atoms with Crippen LogP contribution in [-0.4, -0.2) is 29.5 Å². The van der Waals surface area contributed by atoms with E-state index in [1.807, 2.05) is 13.8 Å². The van der Waals surface area contributed by atoms with E-state index >= 15 is 0 Å². The molecule has 0 saturated heterocycles. The van der Waals surface area contributed by atoms with E-state index in [0.717, 1.165) is 25.7 Å². The third-order valence-electron chi connectivity index (χ3n) is 2.34. The Morgan fingerprint density at radius 1 is 1.38 bits per heavy atom. The van der Waals surface area contributed by atoms with Crippen molar-refractivity contribution in [2.24, 2.45) is 5.73 Å². The van der Waals surface area contributed by atoms with Crippen LogP contribution in [0.3, 0.4) is 0 Å². The molecule has 1 saturated carbocycles. The first-order valence-electron chi connectivity index (χ1n) is 5.07. The van der Waals surface area contributed by atoms with E-state index in [2.05, 4.69) is 0 Å². The fraction of sp³-hybridized carbons (Fsp3) is 1.00. The van der Waals surface area contributed by atoms with Crippen molar-refractivity contribution in [3.63, 3.8) is 0 Å². The van der Waals surface area contributed by atoms with E-state index in [1.54, 1.807) is 0 Å². The first-order valence-corrected chi connectivity index (χ1v) is 5.07. The molecule has 0 aromatic rings. The standard InChI is InChI=1S/C10H21NO2/c1-10(2,11)7-13-9-6-4-3-5-8(9)12/h8-9,12H,3-7,11H2,1-2H3. The Balaban J connectivity index is 2.27. The number of hydrogen-bond donors (Lipinski definition) is 2. The molecule has 0 radical (unpaired) electrons. The molecule has 0 bridgehead atoms. The molecule has 0 aromatic heterocycles. The van der Waals surface area contributed by atoms with Crippen LogP contribution in [-0.2, 0) is 4.74 Å². The minimum absolute atomic E-state index is 0.0107. The first kappa shape index (κ1) is 11.0. The molecule has 0 aliphatic heterocycles. The molecule has 1 aliphatic carbocycles. The van der Waals surface area contributed by atoms with Crippen LogP contribution >= 0.6 is 0 Å². The summed E-state index contributed by atoms with van der Waals surface area (Å²) in [6.45, 7) is 4.39. The maximum atomic E-state index is 9.60. The van der Waals surface area contributed by atoms with E-state index in [1.165, 1.54) is 0 Å². The molecule has 13 heavy (non-hydrogen) atoms. The molecule has 1 fully saturated rings.